The summed E-state index contributed by atoms with van der Waals surface area (Å²) in [7, 11) is 0. The van der Waals surface area contributed by atoms with Crippen molar-refractivity contribution in [3.8, 4) is 0 Å². The average Bonchev–Trinajstić information content (AvgIpc) is 3.23. The lowest BCUT2D eigenvalue weighted by Crippen LogP contribution is -2.31. The van der Waals surface area contributed by atoms with E-state index in [2.05, 4.69) is 27.5 Å². The van der Waals surface area contributed by atoms with Crippen LogP contribution in [-0.4, -0.2) is 20.4 Å². The van der Waals surface area contributed by atoms with Gasteiger partial charge in [0.2, 0.25) is 5.95 Å². The summed E-state index contributed by atoms with van der Waals surface area (Å²) >= 11 is 6.04. The van der Waals surface area contributed by atoms with Crippen molar-refractivity contribution in [3.05, 3.63) is 111 Å². The topological polar surface area (TPSA) is 102 Å². The Bertz CT molecular complexity index is 1640. The van der Waals surface area contributed by atoms with Crippen LogP contribution >= 0.6 is 11.6 Å². The molecular formula is C28H24ClN5O3. The summed E-state index contributed by atoms with van der Waals surface area (Å²) in [6.45, 7) is 4.26. The highest BCUT2D eigenvalue weighted by Crippen LogP contribution is 2.29. The van der Waals surface area contributed by atoms with Gasteiger partial charge in [-0.3, -0.25) is 14.2 Å². The fourth-order valence-electron chi connectivity index (χ4n) is 4.10. The molecular weight excluding hydrogens is 490 g/mol. The molecule has 9 heteroatoms. The fraction of sp³-hybridized carbons (Fsp3) is 0.143. The van der Waals surface area contributed by atoms with Gasteiger partial charge in [0, 0.05) is 34.9 Å². The van der Waals surface area contributed by atoms with E-state index in [9.17, 15) is 9.59 Å². The van der Waals surface area contributed by atoms with Gasteiger partial charge in [0.25, 0.3) is 11.5 Å². The molecule has 0 aliphatic heterocycles. The number of furan rings is 1. The molecule has 0 spiro atoms. The number of anilines is 3. The Kier molecular flexibility index (Phi) is 6.74. The lowest BCUT2D eigenvalue weighted by molar-refractivity contribution is 0.102. The van der Waals surface area contributed by atoms with E-state index in [0.29, 0.717) is 16.8 Å². The normalized spacial score (nSPS) is 11.0. The number of rotatable bonds is 7. The Morgan fingerprint density at radius 2 is 1.89 bits per heavy atom. The largest absolute Gasteiger partial charge is 0.461 e. The summed E-state index contributed by atoms with van der Waals surface area (Å²) in [4.78, 5) is 35.0. The molecule has 1 amide bonds. The third-order valence-electron chi connectivity index (χ3n) is 6.06. The first-order chi connectivity index (χ1) is 17.9. The van der Waals surface area contributed by atoms with Crippen LogP contribution in [-0.2, 0) is 13.0 Å². The van der Waals surface area contributed by atoms with Crippen LogP contribution in [0.5, 0.6) is 0 Å². The van der Waals surface area contributed by atoms with E-state index in [-0.39, 0.29) is 12.1 Å². The van der Waals surface area contributed by atoms with Crippen molar-refractivity contribution in [1.29, 1.82) is 0 Å². The molecule has 3 aromatic heterocycles. The number of aryl methyl sites for hydroxylation is 2. The van der Waals surface area contributed by atoms with Gasteiger partial charge < -0.3 is 15.1 Å². The van der Waals surface area contributed by atoms with E-state index < -0.39 is 11.5 Å². The molecule has 0 saturated carbocycles. The zero-order valence-corrected chi connectivity index (χ0v) is 21.0. The highest BCUT2D eigenvalue weighted by Gasteiger charge is 2.18. The SMILES string of the molecule is CCc1oc2ccc(Nc3ncc(C(=O)Nc4ccccn4)c(=O)n3Cc3ccc(Cl)cc3)cc2c1C. The van der Waals surface area contributed by atoms with Gasteiger partial charge in [0.05, 0.1) is 6.54 Å². The Balaban J connectivity index is 1.53. The Morgan fingerprint density at radius 3 is 2.62 bits per heavy atom. The summed E-state index contributed by atoms with van der Waals surface area (Å²) in [6, 6.07) is 18.0. The molecule has 0 saturated heterocycles. The Morgan fingerprint density at radius 1 is 1.08 bits per heavy atom. The molecule has 0 bridgehead atoms. The molecule has 186 valence electrons. The number of halogens is 1. The van der Waals surface area contributed by atoms with Crippen molar-refractivity contribution in [1.82, 2.24) is 14.5 Å². The molecule has 0 fully saturated rings. The monoisotopic (exact) mass is 513 g/mol. The van der Waals surface area contributed by atoms with E-state index in [0.717, 1.165) is 40.0 Å². The van der Waals surface area contributed by atoms with Gasteiger partial charge in [0.1, 0.15) is 22.7 Å². The minimum absolute atomic E-state index is 0.0983. The lowest BCUT2D eigenvalue weighted by Gasteiger charge is -2.15. The van der Waals surface area contributed by atoms with Crippen molar-refractivity contribution in [2.45, 2.75) is 26.8 Å². The van der Waals surface area contributed by atoms with Crippen molar-refractivity contribution in [2.75, 3.05) is 10.6 Å². The van der Waals surface area contributed by atoms with Crippen LogP contribution in [0.1, 0.15) is 34.2 Å². The minimum atomic E-state index is -0.588. The number of nitrogens with zero attached hydrogens (tertiary/aromatic N) is 3. The van der Waals surface area contributed by atoms with Gasteiger partial charge in [-0.05, 0) is 60.5 Å². The number of nitrogens with one attached hydrogen (secondary N) is 2. The quantitative estimate of drug-likeness (QED) is 0.279. The van der Waals surface area contributed by atoms with E-state index in [4.69, 9.17) is 16.0 Å². The molecule has 2 N–H and O–H groups in total. The van der Waals surface area contributed by atoms with Crippen molar-refractivity contribution in [2.24, 2.45) is 0 Å². The van der Waals surface area contributed by atoms with Gasteiger partial charge in [-0.1, -0.05) is 36.7 Å². The first-order valence-electron chi connectivity index (χ1n) is 11.8. The lowest BCUT2D eigenvalue weighted by atomic mass is 10.1. The predicted octanol–water partition coefficient (Wildman–Crippen LogP) is 5.95. The molecule has 0 aliphatic carbocycles. The third kappa shape index (κ3) is 5.10. The van der Waals surface area contributed by atoms with E-state index >= 15 is 0 Å². The van der Waals surface area contributed by atoms with Crippen molar-refractivity contribution >= 4 is 45.9 Å². The van der Waals surface area contributed by atoms with E-state index in [1.807, 2.05) is 37.3 Å². The van der Waals surface area contributed by atoms with Crippen LogP contribution in [0.2, 0.25) is 5.02 Å². The Labute approximate surface area is 217 Å². The number of hydrogen-bond acceptors (Lipinski definition) is 6. The molecule has 37 heavy (non-hydrogen) atoms. The predicted molar refractivity (Wildman–Crippen MR) is 145 cm³/mol. The molecule has 0 unspecified atom stereocenters. The zero-order valence-electron chi connectivity index (χ0n) is 20.3. The molecule has 0 aliphatic rings. The molecule has 0 radical (unpaired) electrons. The van der Waals surface area contributed by atoms with Gasteiger partial charge >= 0.3 is 0 Å². The van der Waals surface area contributed by atoms with Crippen LogP contribution in [0, 0.1) is 6.92 Å². The molecule has 3 heterocycles. The summed E-state index contributed by atoms with van der Waals surface area (Å²) < 4.78 is 7.35. The Hall–Kier alpha value is -4.43. The van der Waals surface area contributed by atoms with Gasteiger partial charge in [0.15, 0.2) is 0 Å². The number of aromatic nitrogens is 3. The highest BCUT2D eigenvalue weighted by molar-refractivity contribution is 6.30. The molecule has 2 aromatic carbocycles. The van der Waals surface area contributed by atoms with E-state index in [1.165, 1.54) is 10.8 Å². The molecule has 5 aromatic rings. The minimum Gasteiger partial charge on any atom is -0.461 e. The number of fused-ring (bicyclic) bond motifs is 1. The molecule has 8 nitrogen and oxygen atoms in total. The maximum absolute atomic E-state index is 13.6. The van der Waals surface area contributed by atoms with E-state index in [1.54, 1.807) is 36.5 Å². The number of carbonyl (C=O) groups is 1. The first-order valence-corrected chi connectivity index (χ1v) is 12.2. The summed E-state index contributed by atoms with van der Waals surface area (Å²) in [5, 5.41) is 7.47. The van der Waals surface area contributed by atoms with Crippen LogP contribution in [0.4, 0.5) is 17.5 Å². The maximum atomic E-state index is 13.6. The number of amides is 1. The maximum Gasteiger partial charge on any atom is 0.268 e. The van der Waals surface area contributed by atoms with Gasteiger partial charge in [-0.2, -0.15) is 0 Å². The summed E-state index contributed by atoms with van der Waals surface area (Å²) in [5.41, 5.74) is 2.85. The smallest absolute Gasteiger partial charge is 0.268 e. The zero-order chi connectivity index (χ0) is 25.9. The van der Waals surface area contributed by atoms with Crippen LogP contribution in [0.15, 0.2) is 82.3 Å². The van der Waals surface area contributed by atoms with Crippen LogP contribution in [0.3, 0.4) is 0 Å². The number of carbonyl (C=O) groups excluding carboxylic acids is 1. The summed E-state index contributed by atoms with van der Waals surface area (Å²) in [5.74, 6) is 0.988. The van der Waals surface area contributed by atoms with Crippen molar-refractivity contribution < 1.29 is 9.21 Å². The standard InChI is InChI=1S/C28H24ClN5O3/c1-3-23-17(2)21-14-20(11-12-24(21)37-23)32-28-31-15-22(26(35)33-25-6-4-5-13-30-25)27(36)34(28)16-18-7-9-19(29)10-8-18/h4-15H,3,16H2,1-2H3,(H,31,32)(H,30,33,35). The highest BCUT2D eigenvalue weighted by atomic mass is 35.5. The second kappa shape index (κ2) is 10.3. The van der Waals surface area contributed by atoms with Crippen LogP contribution in [0.25, 0.3) is 11.0 Å². The fourth-order valence-corrected chi connectivity index (χ4v) is 4.23. The molecule has 5 rings (SSSR count). The molecule has 0 atom stereocenters. The second-order valence-corrected chi connectivity index (χ2v) is 8.96. The third-order valence-corrected chi connectivity index (χ3v) is 6.32. The van der Waals surface area contributed by atoms with Gasteiger partial charge in [-0.25, -0.2) is 9.97 Å². The number of hydrogen-bond donors (Lipinski definition) is 2. The first kappa shape index (κ1) is 24.3. The van der Waals surface area contributed by atoms with Crippen LogP contribution < -0.4 is 16.2 Å². The average molecular weight is 514 g/mol. The van der Waals surface area contributed by atoms with Crippen molar-refractivity contribution in [3.63, 3.8) is 0 Å². The number of benzene rings is 2. The number of pyridine rings is 1. The summed E-state index contributed by atoms with van der Waals surface area (Å²) in [6.07, 6.45) is 3.63. The van der Waals surface area contributed by atoms with Gasteiger partial charge in [-0.15, -0.1) is 0 Å². The second-order valence-electron chi connectivity index (χ2n) is 8.52.